The summed E-state index contributed by atoms with van der Waals surface area (Å²) in [5, 5.41) is 2.91. The Morgan fingerprint density at radius 1 is 1.19 bits per heavy atom. The molecule has 2 bridgehead atoms. The van der Waals surface area contributed by atoms with Crippen LogP contribution in [0.4, 0.5) is 0 Å². The van der Waals surface area contributed by atoms with Gasteiger partial charge < -0.3 is 9.88 Å². The molecule has 8 heteroatoms. The van der Waals surface area contributed by atoms with Crippen LogP contribution in [0.5, 0.6) is 0 Å². The van der Waals surface area contributed by atoms with Crippen molar-refractivity contribution in [3.05, 3.63) is 34.2 Å². The first-order chi connectivity index (χ1) is 12.0. The quantitative estimate of drug-likeness (QED) is 0.748. The molecule has 5 nitrogen and oxygen atoms in total. The fraction of sp³-hybridized carbons (Fsp3) is 0.667. The van der Waals surface area contributed by atoms with E-state index in [1.807, 2.05) is 36.3 Å². The summed E-state index contributed by atoms with van der Waals surface area (Å²) in [6, 6.07) is 5.38. The summed E-state index contributed by atoms with van der Waals surface area (Å²) < 4.78 is 0.206. The number of hydrogen-bond acceptors (Lipinski definition) is 3. The Labute approximate surface area is 168 Å². The predicted octanol–water partition coefficient (Wildman–Crippen LogP) is 3.13. The zero-order valence-corrected chi connectivity index (χ0v) is 17.4. The number of fused-ring (bicyclic) bond motifs is 4. The van der Waals surface area contributed by atoms with E-state index in [0.717, 1.165) is 12.1 Å². The number of alkyl halides is 3. The van der Waals surface area contributed by atoms with Crippen LogP contribution in [0.1, 0.15) is 38.8 Å². The minimum Gasteiger partial charge on any atom is -0.336 e. The van der Waals surface area contributed by atoms with E-state index in [-0.39, 0.29) is 23.3 Å². The highest BCUT2D eigenvalue weighted by atomic mass is 35.6. The Morgan fingerprint density at radius 3 is 2.50 bits per heavy atom. The van der Waals surface area contributed by atoms with Crippen LogP contribution in [0.2, 0.25) is 0 Å². The van der Waals surface area contributed by atoms with Crippen molar-refractivity contribution >= 4 is 40.7 Å². The smallest absolute Gasteiger partial charge is 0.250 e. The largest absolute Gasteiger partial charge is 0.336 e. The standard InChI is InChI=1S/C18H24Cl3N3O2/c1-17(2,3)16(26)22-15(18(19,20)21)23-8-11-7-12(10-23)13-5-4-6-14(25)24(13)9-11/h4-6,11-12,15H,7-10H2,1-3H3,(H,22,26)/t11-,12+,15?/m0/s1. The third-order valence-corrected chi connectivity index (χ3v) is 5.75. The van der Waals surface area contributed by atoms with Gasteiger partial charge >= 0.3 is 0 Å². The van der Waals surface area contributed by atoms with Crippen molar-refractivity contribution in [2.75, 3.05) is 13.1 Å². The summed E-state index contributed by atoms with van der Waals surface area (Å²) in [4.78, 5) is 26.7. The number of pyridine rings is 1. The number of carbonyl (C=O) groups excluding carboxylic acids is 1. The number of nitrogens with zero attached hydrogens (tertiary/aromatic N) is 2. The van der Waals surface area contributed by atoms with Gasteiger partial charge in [-0.3, -0.25) is 14.5 Å². The molecular formula is C18H24Cl3N3O2. The average molecular weight is 421 g/mol. The molecule has 1 fully saturated rings. The minimum absolute atomic E-state index is 0.0320. The van der Waals surface area contributed by atoms with Crippen molar-refractivity contribution in [3.63, 3.8) is 0 Å². The normalized spacial score (nSPS) is 24.7. The highest BCUT2D eigenvalue weighted by Gasteiger charge is 2.45. The van der Waals surface area contributed by atoms with Crippen LogP contribution in [-0.4, -0.2) is 38.4 Å². The molecule has 1 aromatic rings. The molecule has 1 N–H and O–H groups in total. The maximum absolute atomic E-state index is 12.5. The molecule has 3 rings (SSSR count). The average Bonchev–Trinajstić information content (AvgIpc) is 2.51. The lowest BCUT2D eigenvalue weighted by atomic mass is 9.83. The second-order valence-electron chi connectivity index (χ2n) is 8.32. The van der Waals surface area contributed by atoms with Crippen LogP contribution in [0.25, 0.3) is 0 Å². The van der Waals surface area contributed by atoms with Gasteiger partial charge in [0.2, 0.25) is 9.70 Å². The third kappa shape index (κ3) is 4.06. The third-order valence-electron chi connectivity index (χ3n) is 5.13. The molecule has 1 unspecified atom stereocenters. The molecular weight excluding hydrogens is 397 g/mol. The van der Waals surface area contributed by atoms with Crippen molar-refractivity contribution < 1.29 is 4.79 Å². The molecule has 0 aliphatic carbocycles. The number of hydrogen-bond donors (Lipinski definition) is 1. The first-order valence-corrected chi connectivity index (χ1v) is 9.91. The predicted molar refractivity (Wildman–Crippen MR) is 105 cm³/mol. The molecule has 1 saturated heterocycles. The molecule has 2 aliphatic heterocycles. The molecule has 0 aromatic carbocycles. The summed E-state index contributed by atoms with van der Waals surface area (Å²) in [7, 11) is 0. The van der Waals surface area contributed by atoms with Crippen molar-refractivity contribution in [2.24, 2.45) is 11.3 Å². The SMILES string of the molecule is CC(C)(C)C(=O)NC(N1C[C@@H]2C[C@H](C1)c1cccc(=O)n1C2)C(Cl)(Cl)Cl. The topological polar surface area (TPSA) is 54.3 Å². The number of halogens is 3. The highest BCUT2D eigenvalue weighted by molar-refractivity contribution is 6.68. The van der Waals surface area contributed by atoms with E-state index < -0.39 is 15.4 Å². The van der Waals surface area contributed by atoms with Crippen molar-refractivity contribution in [1.82, 2.24) is 14.8 Å². The maximum Gasteiger partial charge on any atom is 0.250 e. The zero-order chi connectivity index (χ0) is 19.3. The molecule has 3 atom stereocenters. The first kappa shape index (κ1) is 20.0. The Bertz CT molecular complexity index is 751. The van der Waals surface area contributed by atoms with Crippen LogP contribution in [0, 0.1) is 11.3 Å². The van der Waals surface area contributed by atoms with Crippen LogP contribution >= 0.6 is 34.8 Å². The number of aromatic nitrogens is 1. The van der Waals surface area contributed by atoms with Gasteiger partial charge in [-0.25, -0.2) is 0 Å². The molecule has 144 valence electrons. The van der Waals surface area contributed by atoms with Gasteiger partial charge in [0.1, 0.15) is 6.17 Å². The van der Waals surface area contributed by atoms with Crippen LogP contribution in [0.15, 0.2) is 23.0 Å². The lowest BCUT2D eigenvalue weighted by Gasteiger charge is -2.47. The van der Waals surface area contributed by atoms with Gasteiger partial charge in [0.15, 0.2) is 0 Å². The van der Waals surface area contributed by atoms with Gasteiger partial charge in [0, 0.05) is 42.7 Å². The van der Waals surface area contributed by atoms with Crippen molar-refractivity contribution in [3.8, 4) is 0 Å². The number of amides is 1. The molecule has 3 heterocycles. The monoisotopic (exact) mass is 419 g/mol. The molecule has 0 spiro atoms. The number of nitrogens with one attached hydrogen (secondary N) is 1. The minimum atomic E-state index is -1.65. The second-order valence-corrected chi connectivity index (χ2v) is 10.7. The van der Waals surface area contributed by atoms with E-state index in [4.69, 9.17) is 34.8 Å². The van der Waals surface area contributed by atoms with E-state index in [1.54, 1.807) is 12.1 Å². The number of likely N-dealkylation sites (tertiary alicyclic amines) is 1. The Hall–Kier alpha value is -0.750. The van der Waals surface area contributed by atoms with Gasteiger partial charge in [-0.2, -0.15) is 0 Å². The van der Waals surface area contributed by atoms with Gasteiger partial charge in [-0.1, -0.05) is 61.6 Å². The maximum atomic E-state index is 12.5. The summed E-state index contributed by atoms with van der Waals surface area (Å²) in [6.07, 6.45) is 0.284. The Balaban J connectivity index is 1.87. The molecule has 26 heavy (non-hydrogen) atoms. The summed E-state index contributed by atoms with van der Waals surface area (Å²) in [5.41, 5.74) is 0.466. The lowest BCUT2D eigenvalue weighted by Crippen LogP contribution is -2.61. The van der Waals surface area contributed by atoms with Gasteiger partial charge in [-0.15, -0.1) is 0 Å². The van der Waals surface area contributed by atoms with E-state index in [1.165, 1.54) is 0 Å². The summed E-state index contributed by atoms with van der Waals surface area (Å²) in [6.45, 7) is 7.42. The van der Waals surface area contributed by atoms with Gasteiger partial charge in [0.25, 0.3) is 5.56 Å². The van der Waals surface area contributed by atoms with E-state index in [2.05, 4.69) is 5.32 Å². The van der Waals surface area contributed by atoms with Gasteiger partial charge in [0.05, 0.1) is 0 Å². The van der Waals surface area contributed by atoms with Crippen LogP contribution < -0.4 is 10.9 Å². The van der Waals surface area contributed by atoms with Crippen molar-refractivity contribution in [2.45, 2.75) is 49.6 Å². The summed E-state index contributed by atoms with van der Waals surface area (Å²) in [5.74, 6) is 0.293. The fourth-order valence-electron chi connectivity index (χ4n) is 3.87. The van der Waals surface area contributed by atoms with Crippen LogP contribution in [0.3, 0.4) is 0 Å². The molecule has 0 radical (unpaired) electrons. The molecule has 0 saturated carbocycles. The van der Waals surface area contributed by atoms with E-state index in [0.29, 0.717) is 19.6 Å². The number of carbonyl (C=O) groups is 1. The lowest BCUT2D eigenvalue weighted by molar-refractivity contribution is -0.131. The van der Waals surface area contributed by atoms with Crippen LogP contribution in [-0.2, 0) is 11.3 Å². The second kappa shape index (κ2) is 7.01. The first-order valence-electron chi connectivity index (χ1n) is 8.78. The summed E-state index contributed by atoms with van der Waals surface area (Å²) >= 11 is 18.7. The number of rotatable bonds is 2. The highest BCUT2D eigenvalue weighted by Crippen LogP contribution is 2.40. The molecule has 2 aliphatic rings. The van der Waals surface area contributed by atoms with E-state index >= 15 is 0 Å². The van der Waals surface area contributed by atoms with E-state index in [9.17, 15) is 9.59 Å². The molecule has 1 aromatic heterocycles. The fourth-order valence-corrected chi connectivity index (χ4v) is 4.44. The number of piperidine rings is 1. The zero-order valence-electron chi connectivity index (χ0n) is 15.1. The molecule has 1 amide bonds. The van der Waals surface area contributed by atoms with Gasteiger partial charge in [-0.05, 0) is 18.4 Å². The van der Waals surface area contributed by atoms with Crippen molar-refractivity contribution in [1.29, 1.82) is 0 Å². The Morgan fingerprint density at radius 2 is 1.88 bits per heavy atom. The Kier molecular flexibility index (Phi) is 5.39.